The maximum atomic E-state index is 11.9. The second-order valence-corrected chi connectivity index (χ2v) is 2.37. The van der Waals surface area contributed by atoms with Crippen LogP contribution in [-0.2, 0) is 0 Å². The first-order valence-corrected chi connectivity index (χ1v) is 3.41. The van der Waals surface area contributed by atoms with Crippen LogP contribution in [0.25, 0.3) is 0 Å². The highest BCUT2D eigenvalue weighted by atomic mass is 19.1. The van der Waals surface area contributed by atoms with Gasteiger partial charge in [0.15, 0.2) is 0 Å². The minimum atomic E-state index is -1.07. The molecule has 1 rings (SSSR count). The highest BCUT2D eigenvalue weighted by Crippen LogP contribution is 2.09. The Balaban J connectivity index is 2.86. The number of hydrogen-bond donors (Lipinski definition) is 1. The van der Waals surface area contributed by atoms with Gasteiger partial charge in [-0.3, -0.25) is 4.98 Å². The second-order valence-electron chi connectivity index (χ2n) is 2.37. The molecule has 0 aliphatic heterocycles. The van der Waals surface area contributed by atoms with Crippen molar-refractivity contribution in [3.05, 3.63) is 29.6 Å². The van der Waals surface area contributed by atoms with E-state index in [0.717, 1.165) is 5.69 Å². The molecule has 0 aromatic carbocycles. The predicted octanol–water partition coefficient (Wildman–Crippen LogP) is 1.39. The van der Waals surface area contributed by atoms with Crippen LogP contribution < -0.4 is 0 Å². The summed E-state index contributed by atoms with van der Waals surface area (Å²) in [5.41, 5.74) is 1.18. The predicted molar refractivity (Wildman–Crippen MR) is 39.9 cm³/mol. The number of nitrogens with zero attached hydrogens (tertiary/aromatic N) is 1. The molecule has 0 aliphatic carbocycles. The van der Waals surface area contributed by atoms with Gasteiger partial charge in [-0.25, -0.2) is 4.39 Å². The van der Waals surface area contributed by atoms with Crippen molar-refractivity contribution in [2.24, 2.45) is 0 Å². The minimum absolute atomic E-state index is 0.396. The normalized spacial score (nSPS) is 13.0. The molecule has 1 unspecified atom stereocenters. The third-order valence-electron chi connectivity index (χ3n) is 1.40. The fraction of sp³-hybridized carbons (Fsp3) is 0.375. The maximum absolute atomic E-state index is 11.9. The first kappa shape index (κ1) is 8.14. The van der Waals surface area contributed by atoms with Crippen LogP contribution >= 0.6 is 0 Å². The standard InChI is InChI=1S/C8H10FNO/c1-6-3-2-4-7(10-6)8(11)5-9/h2-4,8,11H,5H2,1H3. The van der Waals surface area contributed by atoms with Crippen molar-refractivity contribution in [2.75, 3.05) is 6.67 Å². The molecule has 3 heteroatoms. The fourth-order valence-corrected chi connectivity index (χ4v) is 0.829. The molecule has 0 aliphatic rings. The van der Waals surface area contributed by atoms with Gasteiger partial charge in [-0.05, 0) is 19.1 Å². The number of halogens is 1. The van der Waals surface area contributed by atoms with Gasteiger partial charge in [-0.15, -0.1) is 0 Å². The lowest BCUT2D eigenvalue weighted by atomic mass is 10.2. The highest BCUT2D eigenvalue weighted by Gasteiger charge is 2.06. The van der Waals surface area contributed by atoms with Crippen molar-refractivity contribution < 1.29 is 9.50 Å². The van der Waals surface area contributed by atoms with Crippen LogP contribution in [0.2, 0.25) is 0 Å². The number of pyridine rings is 1. The van der Waals surface area contributed by atoms with Gasteiger partial charge in [0.2, 0.25) is 0 Å². The van der Waals surface area contributed by atoms with Gasteiger partial charge in [0, 0.05) is 5.69 Å². The number of aryl methyl sites for hydroxylation is 1. The maximum Gasteiger partial charge on any atom is 0.124 e. The second kappa shape index (κ2) is 3.44. The molecule has 0 saturated carbocycles. The summed E-state index contributed by atoms with van der Waals surface area (Å²) in [4.78, 5) is 3.95. The molecule has 0 spiro atoms. The largest absolute Gasteiger partial charge is 0.384 e. The van der Waals surface area contributed by atoms with Crippen LogP contribution in [0.3, 0.4) is 0 Å². The number of aromatic nitrogens is 1. The van der Waals surface area contributed by atoms with Gasteiger partial charge >= 0.3 is 0 Å². The summed E-state index contributed by atoms with van der Waals surface area (Å²) in [7, 11) is 0. The summed E-state index contributed by atoms with van der Waals surface area (Å²) in [5.74, 6) is 0. The zero-order chi connectivity index (χ0) is 8.27. The molecule has 0 fully saturated rings. The summed E-state index contributed by atoms with van der Waals surface area (Å²) >= 11 is 0. The monoisotopic (exact) mass is 155 g/mol. The van der Waals surface area contributed by atoms with Crippen LogP contribution in [-0.4, -0.2) is 16.8 Å². The molecule has 0 bridgehead atoms. The van der Waals surface area contributed by atoms with Gasteiger partial charge in [0.1, 0.15) is 12.8 Å². The molecule has 0 radical (unpaired) electrons. The molecule has 0 amide bonds. The van der Waals surface area contributed by atoms with Gasteiger partial charge < -0.3 is 5.11 Å². The lowest BCUT2D eigenvalue weighted by molar-refractivity contribution is 0.137. The first-order chi connectivity index (χ1) is 5.24. The van der Waals surface area contributed by atoms with E-state index in [4.69, 9.17) is 5.11 Å². The third kappa shape index (κ3) is 1.98. The van der Waals surface area contributed by atoms with Crippen LogP contribution in [0.1, 0.15) is 17.5 Å². The molecular weight excluding hydrogens is 145 g/mol. The Morgan fingerprint density at radius 2 is 2.36 bits per heavy atom. The molecule has 2 nitrogen and oxygen atoms in total. The average Bonchev–Trinajstić information content (AvgIpc) is 2.03. The van der Waals surface area contributed by atoms with Crippen molar-refractivity contribution in [1.82, 2.24) is 4.98 Å². The smallest absolute Gasteiger partial charge is 0.124 e. The van der Waals surface area contributed by atoms with E-state index < -0.39 is 12.8 Å². The van der Waals surface area contributed by atoms with Gasteiger partial charge in [-0.1, -0.05) is 6.07 Å². The Kier molecular flexibility index (Phi) is 2.54. The SMILES string of the molecule is Cc1cccc(C(O)CF)n1. The van der Waals surface area contributed by atoms with E-state index in [2.05, 4.69) is 4.98 Å². The highest BCUT2D eigenvalue weighted by molar-refractivity contribution is 5.11. The Bertz CT molecular complexity index is 239. The zero-order valence-corrected chi connectivity index (χ0v) is 6.29. The molecule has 11 heavy (non-hydrogen) atoms. The van der Waals surface area contributed by atoms with Crippen molar-refractivity contribution in [2.45, 2.75) is 13.0 Å². The molecule has 1 aromatic rings. The number of aliphatic hydroxyl groups excluding tert-OH is 1. The van der Waals surface area contributed by atoms with Crippen LogP contribution in [0, 0.1) is 6.92 Å². The average molecular weight is 155 g/mol. The molecule has 0 saturated heterocycles. The third-order valence-corrected chi connectivity index (χ3v) is 1.40. The van der Waals surface area contributed by atoms with Crippen molar-refractivity contribution in [3.8, 4) is 0 Å². The van der Waals surface area contributed by atoms with E-state index in [-0.39, 0.29) is 0 Å². The number of aliphatic hydroxyl groups is 1. The summed E-state index contributed by atoms with van der Waals surface area (Å²) in [6.45, 7) is 1.02. The van der Waals surface area contributed by atoms with Gasteiger partial charge in [0.25, 0.3) is 0 Å². The topological polar surface area (TPSA) is 33.1 Å². The van der Waals surface area contributed by atoms with E-state index in [1.807, 2.05) is 0 Å². The fourth-order valence-electron chi connectivity index (χ4n) is 0.829. The van der Waals surface area contributed by atoms with Crippen LogP contribution in [0.4, 0.5) is 4.39 Å². The molecule has 60 valence electrons. The number of rotatable bonds is 2. The Hall–Kier alpha value is -0.960. The molecule has 1 heterocycles. The Morgan fingerprint density at radius 3 is 2.91 bits per heavy atom. The van der Waals surface area contributed by atoms with Crippen LogP contribution in [0.5, 0.6) is 0 Å². The molecular formula is C8H10FNO. The van der Waals surface area contributed by atoms with E-state index in [9.17, 15) is 4.39 Å². The summed E-state index contributed by atoms with van der Waals surface area (Å²) in [5, 5.41) is 9.02. The first-order valence-electron chi connectivity index (χ1n) is 3.41. The van der Waals surface area contributed by atoms with E-state index in [1.54, 1.807) is 25.1 Å². The molecule has 1 atom stereocenters. The minimum Gasteiger partial charge on any atom is -0.384 e. The van der Waals surface area contributed by atoms with Crippen molar-refractivity contribution in [3.63, 3.8) is 0 Å². The van der Waals surface area contributed by atoms with Crippen molar-refractivity contribution in [1.29, 1.82) is 0 Å². The summed E-state index contributed by atoms with van der Waals surface area (Å²) in [6, 6.07) is 5.16. The van der Waals surface area contributed by atoms with E-state index in [0.29, 0.717) is 5.69 Å². The lowest BCUT2D eigenvalue weighted by Crippen LogP contribution is -2.02. The summed E-state index contributed by atoms with van der Waals surface area (Å²) in [6.07, 6.45) is -1.07. The van der Waals surface area contributed by atoms with Gasteiger partial charge in [-0.2, -0.15) is 0 Å². The molecule has 1 N–H and O–H groups in total. The van der Waals surface area contributed by atoms with E-state index in [1.165, 1.54) is 0 Å². The molecule has 1 aromatic heterocycles. The Labute approximate surface area is 64.7 Å². The Morgan fingerprint density at radius 1 is 1.64 bits per heavy atom. The van der Waals surface area contributed by atoms with Crippen LogP contribution in [0.15, 0.2) is 18.2 Å². The summed E-state index contributed by atoms with van der Waals surface area (Å²) < 4.78 is 11.9. The zero-order valence-electron chi connectivity index (χ0n) is 6.29. The number of alkyl halides is 1. The number of hydrogen-bond acceptors (Lipinski definition) is 2. The quantitative estimate of drug-likeness (QED) is 0.700. The lowest BCUT2D eigenvalue weighted by Gasteiger charge is -2.04. The van der Waals surface area contributed by atoms with E-state index >= 15 is 0 Å². The van der Waals surface area contributed by atoms with Gasteiger partial charge in [0.05, 0.1) is 5.69 Å². The van der Waals surface area contributed by atoms with Crippen molar-refractivity contribution >= 4 is 0 Å².